The van der Waals surface area contributed by atoms with E-state index in [-0.39, 0.29) is 9.79 Å². The Balaban J connectivity index is 2.26. The number of hydrogen-bond donors (Lipinski definition) is 0. The molecule has 0 spiro atoms. The van der Waals surface area contributed by atoms with Crippen LogP contribution in [0.3, 0.4) is 0 Å². The number of sulfone groups is 1. The summed E-state index contributed by atoms with van der Waals surface area (Å²) in [7, 11) is -3.85. The van der Waals surface area contributed by atoms with E-state index in [4.69, 9.17) is 0 Å². The van der Waals surface area contributed by atoms with Crippen molar-refractivity contribution in [3.63, 3.8) is 0 Å². The SMILES string of the molecule is Cc1ccc(S(=O)(=O)c2cnc3sccn3c2=O)cc1. The largest absolute Gasteiger partial charge is 0.277 e. The summed E-state index contributed by atoms with van der Waals surface area (Å²) in [5.74, 6) is 0. The van der Waals surface area contributed by atoms with Gasteiger partial charge in [0.25, 0.3) is 5.56 Å². The molecule has 0 N–H and O–H groups in total. The number of benzene rings is 1. The smallest absolute Gasteiger partial charge is 0.267 e. The summed E-state index contributed by atoms with van der Waals surface area (Å²) in [6.07, 6.45) is 2.65. The molecule has 7 heteroatoms. The molecule has 3 rings (SSSR count). The van der Waals surface area contributed by atoms with Gasteiger partial charge in [0.1, 0.15) is 0 Å². The van der Waals surface area contributed by atoms with Gasteiger partial charge in [0.15, 0.2) is 9.86 Å². The Kier molecular flexibility index (Phi) is 2.95. The Bertz CT molecular complexity index is 938. The van der Waals surface area contributed by atoms with Crippen LogP contribution in [0.1, 0.15) is 5.56 Å². The molecule has 0 fully saturated rings. The third-order valence-corrected chi connectivity index (χ3v) is 5.45. The lowest BCUT2D eigenvalue weighted by Crippen LogP contribution is -2.21. The Morgan fingerprint density at radius 1 is 1.20 bits per heavy atom. The third-order valence-electron chi connectivity index (χ3n) is 2.93. The van der Waals surface area contributed by atoms with E-state index in [1.54, 1.807) is 17.5 Å². The summed E-state index contributed by atoms with van der Waals surface area (Å²) in [4.78, 5) is 16.5. The summed E-state index contributed by atoms with van der Waals surface area (Å²) < 4.78 is 26.2. The summed E-state index contributed by atoms with van der Waals surface area (Å²) >= 11 is 1.28. The van der Waals surface area contributed by atoms with Crippen molar-refractivity contribution in [1.82, 2.24) is 9.38 Å². The average molecular weight is 306 g/mol. The summed E-state index contributed by atoms with van der Waals surface area (Å²) in [5.41, 5.74) is 0.379. The molecule has 20 heavy (non-hydrogen) atoms. The lowest BCUT2D eigenvalue weighted by molar-refractivity contribution is 0.594. The minimum absolute atomic E-state index is 0.0946. The van der Waals surface area contributed by atoms with E-state index in [1.807, 2.05) is 6.92 Å². The molecule has 1 aromatic carbocycles. The molecule has 3 aromatic rings. The van der Waals surface area contributed by atoms with Crippen LogP contribution in [0.15, 0.2) is 56.6 Å². The zero-order valence-corrected chi connectivity index (χ0v) is 12.1. The molecule has 0 saturated carbocycles. The lowest BCUT2D eigenvalue weighted by Gasteiger charge is -2.04. The van der Waals surface area contributed by atoms with Crippen LogP contribution in [0, 0.1) is 6.92 Å². The second kappa shape index (κ2) is 4.53. The Labute approximate surface area is 119 Å². The number of nitrogens with zero attached hydrogens (tertiary/aromatic N) is 2. The first kappa shape index (κ1) is 13.0. The van der Waals surface area contributed by atoms with Crippen LogP contribution >= 0.6 is 11.3 Å². The maximum atomic E-state index is 12.5. The van der Waals surface area contributed by atoms with E-state index in [0.29, 0.717) is 4.96 Å². The van der Waals surface area contributed by atoms with Crippen molar-refractivity contribution in [2.24, 2.45) is 0 Å². The molecular weight excluding hydrogens is 296 g/mol. The van der Waals surface area contributed by atoms with Crippen molar-refractivity contribution in [2.45, 2.75) is 16.7 Å². The van der Waals surface area contributed by atoms with E-state index in [0.717, 1.165) is 11.8 Å². The van der Waals surface area contributed by atoms with Crippen molar-refractivity contribution >= 4 is 26.1 Å². The molecule has 2 aromatic heterocycles. The first-order valence-electron chi connectivity index (χ1n) is 5.77. The molecule has 0 aliphatic carbocycles. The van der Waals surface area contributed by atoms with Gasteiger partial charge in [0.05, 0.1) is 11.1 Å². The molecule has 0 bridgehead atoms. The normalized spacial score (nSPS) is 11.8. The fourth-order valence-corrected chi connectivity index (χ4v) is 3.78. The second-order valence-corrected chi connectivity index (χ2v) is 7.09. The number of rotatable bonds is 2. The van der Waals surface area contributed by atoms with Gasteiger partial charge in [-0.1, -0.05) is 17.7 Å². The highest BCUT2D eigenvalue weighted by Crippen LogP contribution is 2.18. The van der Waals surface area contributed by atoms with Crippen molar-refractivity contribution in [1.29, 1.82) is 0 Å². The first-order chi connectivity index (χ1) is 9.50. The Hall–Kier alpha value is -1.99. The van der Waals surface area contributed by atoms with Crippen LogP contribution < -0.4 is 5.56 Å². The van der Waals surface area contributed by atoms with E-state index < -0.39 is 15.4 Å². The van der Waals surface area contributed by atoms with Crippen molar-refractivity contribution in [3.05, 3.63) is 58.0 Å². The average Bonchev–Trinajstić information content (AvgIpc) is 2.88. The van der Waals surface area contributed by atoms with Crippen molar-refractivity contribution < 1.29 is 8.42 Å². The Morgan fingerprint density at radius 3 is 2.60 bits per heavy atom. The molecule has 0 radical (unpaired) electrons. The number of fused-ring (bicyclic) bond motifs is 1. The topological polar surface area (TPSA) is 68.5 Å². The number of thiazole rings is 1. The molecule has 0 saturated heterocycles. The maximum absolute atomic E-state index is 12.5. The van der Waals surface area contributed by atoms with Crippen molar-refractivity contribution in [3.8, 4) is 0 Å². The third kappa shape index (κ3) is 1.95. The van der Waals surface area contributed by atoms with Crippen LogP contribution in [0.5, 0.6) is 0 Å². The quantitative estimate of drug-likeness (QED) is 0.725. The van der Waals surface area contributed by atoms with Crippen LogP contribution in [-0.4, -0.2) is 17.8 Å². The molecule has 0 aliphatic heterocycles. The summed E-state index contributed by atoms with van der Waals surface area (Å²) in [6, 6.07) is 6.38. The van der Waals surface area contributed by atoms with Gasteiger partial charge in [-0.2, -0.15) is 0 Å². The fourth-order valence-electron chi connectivity index (χ4n) is 1.84. The number of aromatic nitrogens is 2. The van der Waals surface area contributed by atoms with Gasteiger partial charge in [-0.05, 0) is 19.1 Å². The molecule has 102 valence electrons. The van der Waals surface area contributed by atoms with Crippen LogP contribution in [0.25, 0.3) is 4.96 Å². The lowest BCUT2D eigenvalue weighted by atomic mass is 10.2. The molecule has 5 nitrogen and oxygen atoms in total. The van der Waals surface area contributed by atoms with Gasteiger partial charge < -0.3 is 0 Å². The standard InChI is InChI=1S/C13H10N2O3S2/c1-9-2-4-10(5-3-9)20(17,18)11-8-14-13-15(12(11)16)6-7-19-13/h2-8H,1H3. The molecule has 0 amide bonds. The minimum atomic E-state index is -3.85. The molecule has 0 atom stereocenters. The maximum Gasteiger partial charge on any atom is 0.277 e. The fraction of sp³-hybridized carbons (Fsp3) is 0.0769. The van der Waals surface area contributed by atoms with Crippen LogP contribution in [0.2, 0.25) is 0 Å². The molecule has 0 unspecified atom stereocenters. The van der Waals surface area contributed by atoms with Gasteiger partial charge in [-0.15, -0.1) is 11.3 Å². The van der Waals surface area contributed by atoms with E-state index >= 15 is 0 Å². The van der Waals surface area contributed by atoms with Crippen LogP contribution in [0.4, 0.5) is 0 Å². The summed E-state index contributed by atoms with van der Waals surface area (Å²) in [6.45, 7) is 1.87. The van der Waals surface area contributed by atoms with Crippen LogP contribution in [-0.2, 0) is 9.84 Å². The van der Waals surface area contributed by atoms with Gasteiger partial charge >= 0.3 is 0 Å². The van der Waals surface area contributed by atoms with Gasteiger partial charge in [-0.3, -0.25) is 9.20 Å². The number of aryl methyl sites for hydroxylation is 1. The second-order valence-electron chi connectivity index (χ2n) is 4.30. The minimum Gasteiger partial charge on any atom is -0.267 e. The number of hydrogen-bond acceptors (Lipinski definition) is 5. The highest BCUT2D eigenvalue weighted by Gasteiger charge is 2.22. The first-order valence-corrected chi connectivity index (χ1v) is 8.13. The van der Waals surface area contributed by atoms with E-state index in [2.05, 4.69) is 4.98 Å². The van der Waals surface area contributed by atoms with Gasteiger partial charge in [0, 0.05) is 11.6 Å². The van der Waals surface area contributed by atoms with Gasteiger partial charge in [-0.25, -0.2) is 13.4 Å². The predicted molar refractivity (Wildman–Crippen MR) is 76.0 cm³/mol. The van der Waals surface area contributed by atoms with E-state index in [1.165, 1.54) is 34.1 Å². The summed E-state index contributed by atoms with van der Waals surface area (Å²) in [5, 5.41) is 1.69. The molecule has 2 heterocycles. The zero-order valence-electron chi connectivity index (χ0n) is 10.5. The molecular formula is C13H10N2O3S2. The zero-order chi connectivity index (χ0) is 14.3. The Morgan fingerprint density at radius 2 is 1.90 bits per heavy atom. The van der Waals surface area contributed by atoms with Gasteiger partial charge in [0.2, 0.25) is 9.84 Å². The highest BCUT2D eigenvalue weighted by atomic mass is 32.2. The predicted octanol–water partition coefficient (Wildman–Crippen LogP) is 1.90. The highest BCUT2D eigenvalue weighted by molar-refractivity contribution is 7.91. The monoisotopic (exact) mass is 306 g/mol. The van der Waals surface area contributed by atoms with E-state index in [9.17, 15) is 13.2 Å². The molecule has 0 aliphatic rings. The van der Waals surface area contributed by atoms with Crippen molar-refractivity contribution in [2.75, 3.05) is 0 Å².